The van der Waals surface area contributed by atoms with Crippen molar-refractivity contribution in [3.8, 4) is 11.1 Å². The van der Waals surface area contributed by atoms with Crippen molar-refractivity contribution in [2.75, 3.05) is 0 Å². The van der Waals surface area contributed by atoms with Gasteiger partial charge in [0.25, 0.3) is 0 Å². The first-order valence-corrected chi connectivity index (χ1v) is 7.86. The number of benzene rings is 3. The number of hydrogen-bond acceptors (Lipinski definition) is 0. The fourth-order valence-electron chi connectivity index (χ4n) is 2.70. The Morgan fingerprint density at radius 1 is 0.682 bits per heavy atom. The highest BCUT2D eigenvalue weighted by Gasteiger charge is 2.00. The standard InChI is InChI=1S/C22H21/c1-18-8-5-6-10-20(18)13-7-9-19-14-16-22(17-15-19)21-11-3-2-4-12-21/h2-6,8,10-17H,7,9H2,1H3. The molecule has 0 saturated heterocycles. The van der Waals surface area contributed by atoms with Crippen LogP contribution in [0.5, 0.6) is 0 Å². The molecule has 0 fully saturated rings. The van der Waals surface area contributed by atoms with Crippen molar-refractivity contribution in [3.05, 3.63) is 102 Å². The summed E-state index contributed by atoms with van der Waals surface area (Å²) >= 11 is 0. The highest BCUT2D eigenvalue weighted by molar-refractivity contribution is 5.63. The lowest BCUT2D eigenvalue weighted by Gasteiger charge is -2.06. The van der Waals surface area contributed by atoms with Gasteiger partial charge in [-0.15, -0.1) is 0 Å². The van der Waals surface area contributed by atoms with Crippen LogP contribution in [0.2, 0.25) is 0 Å². The first-order valence-electron chi connectivity index (χ1n) is 7.86. The summed E-state index contributed by atoms with van der Waals surface area (Å²) in [5.74, 6) is 0. The third-order valence-corrected chi connectivity index (χ3v) is 4.05. The van der Waals surface area contributed by atoms with E-state index in [-0.39, 0.29) is 0 Å². The van der Waals surface area contributed by atoms with E-state index in [0.29, 0.717) is 0 Å². The lowest BCUT2D eigenvalue weighted by Crippen LogP contribution is -1.90. The van der Waals surface area contributed by atoms with Crippen LogP contribution in [-0.2, 0) is 6.42 Å². The van der Waals surface area contributed by atoms with Crippen LogP contribution in [0.15, 0.2) is 78.9 Å². The fourth-order valence-corrected chi connectivity index (χ4v) is 2.70. The monoisotopic (exact) mass is 285 g/mol. The minimum Gasteiger partial charge on any atom is -0.0622 e. The summed E-state index contributed by atoms with van der Waals surface area (Å²) in [6, 6.07) is 28.0. The van der Waals surface area contributed by atoms with Crippen LogP contribution in [0.4, 0.5) is 0 Å². The highest BCUT2D eigenvalue weighted by atomic mass is 14.1. The van der Waals surface area contributed by atoms with E-state index < -0.39 is 0 Å². The van der Waals surface area contributed by atoms with Gasteiger partial charge in [0.05, 0.1) is 0 Å². The van der Waals surface area contributed by atoms with E-state index >= 15 is 0 Å². The molecule has 0 aliphatic carbocycles. The minimum atomic E-state index is 1.08. The molecule has 0 nitrogen and oxygen atoms in total. The second kappa shape index (κ2) is 7.09. The van der Waals surface area contributed by atoms with Gasteiger partial charge in [0.1, 0.15) is 0 Å². The summed E-state index contributed by atoms with van der Waals surface area (Å²) < 4.78 is 0. The molecule has 0 amide bonds. The Morgan fingerprint density at radius 3 is 2.05 bits per heavy atom. The fraction of sp³-hybridized carbons (Fsp3) is 0.136. The summed E-state index contributed by atoms with van der Waals surface area (Å²) in [6.45, 7) is 2.17. The molecule has 3 rings (SSSR count). The van der Waals surface area contributed by atoms with E-state index in [1.54, 1.807) is 0 Å². The van der Waals surface area contributed by atoms with Crippen LogP contribution in [0, 0.1) is 13.3 Å². The van der Waals surface area contributed by atoms with Gasteiger partial charge in [-0.05, 0) is 54.0 Å². The van der Waals surface area contributed by atoms with Gasteiger partial charge in [-0.25, -0.2) is 0 Å². The van der Waals surface area contributed by atoms with Crippen molar-refractivity contribution in [1.29, 1.82) is 0 Å². The summed E-state index contributed by atoms with van der Waals surface area (Å²) in [4.78, 5) is 0. The van der Waals surface area contributed by atoms with Crippen molar-refractivity contribution >= 4 is 0 Å². The Balaban J connectivity index is 1.59. The van der Waals surface area contributed by atoms with Gasteiger partial charge in [-0.2, -0.15) is 0 Å². The second-order valence-corrected chi connectivity index (χ2v) is 5.66. The van der Waals surface area contributed by atoms with Crippen LogP contribution < -0.4 is 0 Å². The Labute approximate surface area is 133 Å². The van der Waals surface area contributed by atoms with E-state index in [9.17, 15) is 0 Å². The Bertz CT molecular complexity index is 709. The van der Waals surface area contributed by atoms with Gasteiger partial charge >= 0.3 is 0 Å². The zero-order chi connectivity index (χ0) is 15.2. The SMILES string of the molecule is Cc1ccccc1[CH]CCc1ccc(-c2ccccc2)cc1. The maximum absolute atomic E-state index is 2.33. The summed E-state index contributed by atoms with van der Waals surface area (Å²) in [7, 11) is 0. The molecule has 0 heteroatoms. The van der Waals surface area contributed by atoms with Crippen molar-refractivity contribution in [2.24, 2.45) is 0 Å². The summed E-state index contributed by atoms with van der Waals surface area (Å²) in [5.41, 5.74) is 6.66. The van der Waals surface area contributed by atoms with Gasteiger partial charge in [0, 0.05) is 0 Å². The minimum absolute atomic E-state index is 1.08. The van der Waals surface area contributed by atoms with E-state index in [2.05, 4.69) is 92.2 Å². The average Bonchev–Trinajstić information content (AvgIpc) is 2.58. The van der Waals surface area contributed by atoms with Crippen molar-refractivity contribution < 1.29 is 0 Å². The van der Waals surface area contributed by atoms with E-state index in [4.69, 9.17) is 0 Å². The van der Waals surface area contributed by atoms with Gasteiger partial charge in [0.15, 0.2) is 0 Å². The molecular formula is C22H21. The molecule has 0 bridgehead atoms. The third-order valence-electron chi connectivity index (χ3n) is 4.05. The number of aryl methyl sites for hydroxylation is 2. The molecule has 3 aromatic rings. The van der Waals surface area contributed by atoms with Crippen molar-refractivity contribution in [3.63, 3.8) is 0 Å². The van der Waals surface area contributed by atoms with Crippen LogP contribution in [0.3, 0.4) is 0 Å². The predicted molar refractivity (Wildman–Crippen MR) is 94.8 cm³/mol. The molecule has 0 aliphatic rings. The van der Waals surface area contributed by atoms with Crippen LogP contribution in [0.25, 0.3) is 11.1 Å². The molecule has 0 aliphatic heterocycles. The van der Waals surface area contributed by atoms with Crippen LogP contribution in [0.1, 0.15) is 23.1 Å². The average molecular weight is 285 g/mol. The van der Waals surface area contributed by atoms with E-state index in [0.717, 1.165) is 12.8 Å². The largest absolute Gasteiger partial charge is 0.0622 e. The zero-order valence-corrected chi connectivity index (χ0v) is 13.0. The predicted octanol–water partition coefficient (Wildman–Crippen LogP) is 5.85. The molecule has 0 aromatic heterocycles. The molecule has 0 saturated carbocycles. The van der Waals surface area contributed by atoms with Gasteiger partial charge < -0.3 is 0 Å². The van der Waals surface area contributed by atoms with Crippen LogP contribution in [-0.4, -0.2) is 0 Å². The maximum atomic E-state index is 2.33. The molecule has 3 aromatic carbocycles. The van der Waals surface area contributed by atoms with Gasteiger partial charge in [-0.1, -0.05) is 78.9 Å². The molecule has 0 heterocycles. The van der Waals surface area contributed by atoms with Gasteiger partial charge in [-0.3, -0.25) is 0 Å². The third kappa shape index (κ3) is 3.65. The first kappa shape index (κ1) is 14.6. The molecule has 22 heavy (non-hydrogen) atoms. The van der Waals surface area contributed by atoms with E-state index in [1.165, 1.54) is 27.8 Å². The molecular weight excluding hydrogens is 264 g/mol. The van der Waals surface area contributed by atoms with Crippen molar-refractivity contribution in [2.45, 2.75) is 19.8 Å². The smallest absolute Gasteiger partial charge is 0.00871 e. The maximum Gasteiger partial charge on any atom is -0.00871 e. The molecule has 0 spiro atoms. The zero-order valence-electron chi connectivity index (χ0n) is 13.0. The highest BCUT2D eigenvalue weighted by Crippen LogP contribution is 2.20. The second-order valence-electron chi connectivity index (χ2n) is 5.66. The Kier molecular flexibility index (Phi) is 4.70. The Morgan fingerprint density at radius 2 is 1.32 bits per heavy atom. The molecule has 1 radical (unpaired) electrons. The number of hydrogen-bond donors (Lipinski definition) is 0. The Hall–Kier alpha value is -2.34. The molecule has 0 unspecified atom stereocenters. The first-order chi connectivity index (χ1) is 10.8. The summed E-state index contributed by atoms with van der Waals surface area (Å²) in [6.07, 6.45) is 4.50. The topological polar surface area (TPSA) is 0 Å². The van der Waals surface area contributed by atoms with Crippen molar-refractivity contribution in [1.82, 2.24) is 0 Å². The molecule has 0 N–H and O–H groups in total. The molecule has 109 valence electrons. The number of rotatable bonds is 5. The van der Waals surface area contributed by atoms with Gasteiger partial charge in [0.2, 0.25) is 0 Å². The van der Waals surface area contributed by atoms with Crippen LogP contribution >= 0.6 is 0 Å². The lowest BCUT2D eigenvalue weighted by molar-refractivity contribution is 0.948. The molecule has 0 atom stereocenters. The summed E-state index contributed by atoms with van der Waals surface area (Å²) in [5, 5.41) is 0. The quantitative estimate of drug-likeness (QED) is 0.552. The normalized spacial score (nSPS) is 10.6. The van der Waals surface area contributed by atoms with E-state index in [1.807, 2.05) is 0 Å². The lowest BCUT2D eigenvalue weighted by atomic mass is 9.99.